The van der Waals surface area contributed by atoms with E-state index in [9.17, 15) is 0 Å². The molecule has 0 aromatic carbocycles. The van der Waals surface area contributed by atoms with E-state index in [2.05, 4.69) is 40.1 Å². The van der Waals surface area contributed by atoms with Crippen molar-refractivity contribution in [3.63, 3.8) is 0 Å². The molecule has 1 aliphatic heterocycles. The fraction of sp³-hybridized carbons (Fsp3) is 0.692. The van der Waals surface area contributed by atoms with Gasteiger partial charge in [-0.15, -0.1) is 0 Å². The predicted octanol–water partition coefficient (Wildman–Crippen LogP) is 1.79. The molecule has 4 nitrogen and oxygen atoms in total. The maximum absolute atomic E-state index is 4.41. The van der Waals surface area contributed by atoms with Crippen LogP contribution in [0.3, 0.4) is 0 Å². The van der Waals surface area contributed by atoms with Crippen LogP contribution < -0.4 is 10.2 Å². The monoisotopic (exact) mass is 234 g/mol. The van der Waals surface area contributed by atoms with Gasteiger partial charge in [-0.2, -0.15) is 0 Å². The lowest BCUT2D eigenvalue weighted by Gasteiger charge is -2.21. The molecule has 0 saturated carbocycles. The van der Waals surface area contributed by atoms with Crippen molar-refractivity contribution in [2.45, 2.75) is 32.6 Å². The Hall–Kier alpha value is -1.16. The third-order valence-corrected chi connectivity index (χ3v) is 3.46. The summed E-state index contributed by atoms with van der Waals surface area (Å²) in [5.41, 5.74) is 1.16. The van der Waals surface area contributed by atoms with Crippen molar-refractivity contribution in [2.24, 2.45) is 0 Å². The Morgan fingerprint density at radius 2 is 2.24 bits per heavy atom. The average Bonchev–Trinajstić information content (AvgIpc) is 2.67. The number of nitrogens with one attached hydrogen (secondary N) is 1. The van der Waals surface area contributed by atoms with E-state index < -0.39 is 0 Å². The van der Waals surface area contributed by atoms with E-state index in [-0.39, 0.29) is 0 Å². The van der Waals surface area contributed by atoms with Crippen LogP contribution in [0.1, 0.15) is 38.3 Å². The molecule has 1 aromatic heterocycles. The third kappa shape index (κ3) is 3.16. The Kier molecular flexibility index (Phi) is 4.31. The van der Waals surface area contributed by atoms with Gasteiger partial charge in [0.2, 0.25) is 0 Å². The van der Waals surface area contributed by atoms with E-state index in [0.717, 1.165) is 44.1 Å². The minimum Gasteiger partial charge on any atom is -0.355 e. The Bertz CT molecular complexity index is 345. The second-order valence-corrected chi connectivity index (χ2v) is 4.70. The summed E-state index contributed by atoms with van der Waals surface area (Å²) < 4.78 is 0. The zero-order valence-electron chi connectivity index (χ0n) is 10.8. The van der Waals surface area contributed by atoms with Crippen molar-refractivity contribution < 1.29 is 0 Å². The van der Waals surface area contributed by atoms with Crippen molar-refractivity contribution in [3.05, 3.63) is 18.1 Å². The second-order valence-electron chi connectivity index (χ2n) is 4.70. The minimum absolute atomic E-state index is 0.516. The lowest BCUT2D eigenvalue weighted by Crippen LogP contribution is -2.28. The van der Waals surface area contributed by atoms with E-state index in [1.165, 1.54) is 6.42 Å². The minimum atomic E-state index is 0.516. The molecule has 1 N–H and O–H groups in total. The number of hydrogen-bond acceptors (Lipinski definition) is 4. The highest BCUT2D eigenvalue weighted by Gasteiger charge is 2.13. The van der Waals surface area contributed by atoms with E-state index >= 15 is 0 Å². The number of anilines is 1. The van der Waals surface area contributed by atoms with E-state index in [0.29, 0.717) is 5.92 Å². The summed E-state index contributed by atoms with van der Waals surface area (Å²) in [4.78, 5) is 11.1. The van der Waals surface area contributed by atoms with Gasteiger partial charge in [0.25, 0.3) is 0 Å². The van der Waals surface area contributed by atoms with Gasteiger partial charge in [0.15, 0.2) is 0 Å². The van der Waals surface area contributed by atoms with E-state index in [1.807, 2.05) is 0 Å². The van der Waals surface area contributed by atoms with Crippen LogP contribution in [-0.2, 0) is 0 Å². The normalized spacial score (nSPS) is 18.8. The molecule has 4 heteroatoms. The molecule has 0 amide bonds. The number of nitrogens with zero attached hydrogens (tertiary/aromatic N) is 3. The zero-order chi connectivity index (χ0) is 12.1. The van der Waals surface area contributed by atoms with Gasteiger partial charge in [-0.25, -0.2) is 9.97 Å². The quantitative estimate of drug-likeness (QED) is 0.865. The first-order valence-corrected chi connectivity index (χ1v) is 6.59. The van der Waals surface area contributed by atoms with Crippen LogP contribution in [0.5, 0.6) is 0 Å². The summed E-state index contributed by atoms with van der Waals surface area (Å²) in [5, 5.41) is 3.41. The third-order valence-electron chi connectivity index (χ3n) is 3.46. The van der Waals surface area contributed by atoms with Gasteiger partial charge in [-0.3, -0.25) is 0 Å². The SMILES string of the molecule is CCC(C)c1cc(N2CCCNCC2)ncn1. The first kappa shape index (κ1) is 12.3. The van der Waals surface area contributed by atoms with Crippen molar-refractivity contribution in [1.29, 1.82) is 0 Å². The summed E-state index contributed by atoms with van der Waals surface area (Å²) >= 11 is 0. The highest BCUT2D eigenvalue weighted by molar-refractivity contribution is 5.39. The maximum atomic E-state index is 4.41. The van der Waals surface area contributed by atoms with Gasteiger partial charge in [-0.1, -0.05) is 13.8 Å². The molecule has 0 aliphatic carbocycles. The van der Waals surface area contributed by atoms with E-state index in [4.69, 9.17) is 0 Å². The van der Waals surface area contributed by atoms with Gasteiger partial charge in [0.05, 0.1) is 0 Å². The second kappa shape index (κ2) is 5.96. The van der Waals surface area contributed by atoms with Crippen LogP contribution in [0.2, 0.25) is 0 Å². The first-order valence-electron chi connectivity index (χ1n) is 6.59. The average molecular weight is 234 g/mol. The molecule has 1 aromatic rings. The standard InChI is InChI=1S/C13H22N4/c1-3-11(2)12-9-13(16-10-15-12)17-7-4-5-14-6-8-17/h9-11,14H,3-8H2,1-2H3. The van der Waals surface area contributed by atoms with Crippen molar-refractivity contribution in [2.75, 3.05) is 31.1 Å². The highest BCUT2D eigenvalue weighted by Crippen LogP contribution is 2.20. The number of rotatable bonds is 3. The summed E-state index contributed by atoms with van der Waals surface area (Å²) in [6, 6.07) is 2.15. The Labute approximate surface area is 103 Å². The number of hydrogen-bond donors (Lipinski definition) is 1. The molecular formula is C13H22N4. The Morgan fingerprint density at radius 3 is 3.06 bits per heavy atom. The first-order chi connectivity index (χ1) is 8.31. The fourth-order valence-corrected chi connectivity index (χ4v) is 2.09. The lowest BCUT2D eigenvalue weighted by molar-refractivity contribution is 0.700. The number of aromatic nitrogens is 2. The smallest absolute Gasteiger partial charge is 0.132 e. The topological polar surface area (TPSA) is 41.0 Å². The van der Waals surface area contributed by atoms with Crippen LogP contribution >= 0.6 is 0 Å². The zero-order valence-corrected chi connectivity index (χ0v) is 10.8. The van der Waals surface area contributed by atoms with Gasteiger partial charge in [0.1, 0.15) is 12.1 Å². The van der Waals surface area contributed by atoms with Crippen LogP contribution in [0.4, 0.5) is 5.82 Å². The lowest BCUT2D eigenvalue weighted by atomic mass is 10.1. The van der Waals surface area contributed by atoms with Crippen LogP contribution in [0, 0.1) is 0 Å². The molecule has 1 aliphatic rings. The molecule has 0 spiro atoms. The van der Waals surface area contributed by atoms with Gasteiger partial charge in [0, 0.05) is 31.4 Å². The van der Waals surface area contributed by atoms with Crippen LogP contribution in [0.15, 0.2) is 12.4 Å². The van der Waals surface area contributed by atoms with Crippen molar-refractivity contribution in [1.82, 2.24) is 15.3 Å². The van der Waals surface area contributed by atoms with E-state index in [1.54, 1.807) is 6.33 Å². The molecular weight excluding hydrogens is 212 g/mol. The molecule has 1 atom stereocenters. The molecule has 0 bridgehead atoms. The molecule has 2 rings (SSSR count). The summed E-state index contributed by atoms with van der Waals surface area (Å²) in [6.45, 7) is 8.70. The Balaban J connectivity index is 2.13. The summed E-state index contributed by atoms with van der Waals surface area (Å²) in [7, 11) is 0. The Morgan fingerprint density at radius 1 is 1.35 bits per heavy atom. The molecule has 1 saturated heterocycles. The molecule has 94 valence electrons. The summed E-state index contributed by atoms with van der Waals surface area (Å²) in [6.07, 6.45) is 4.01. The van der Waals surface area contributed by atoms with Crippen molar-refractivity contribution in [3.8, 4) is 0 Å². The van der Waals surface area contributed by atoms with Crippen LogP contribution in [-0.4, -0.2) is 36.1 Å². The van der Waals surface area contributed by atoms with Gasteiger partial charge in [-0.05, 0) is 25.3 Å². The highest BCUT2D eigenvalue weighted by atomic mass is 15.2. The molecule has 0 radical (unpaired) electrons. The van der Waals surface area contributed by atoms with Crippen LogP contribution in [0.25, 0.3) is 0 Å². The van der Waals surface area contributed by atoms with Gasteiger partial charge < -0.3 is 10.2 Å². The molecule has 2 heterocycles. The fourth-order valence-electron chi connectivity index (χ4n) is 2.09. The molecule has 1 fully saturated rings. The molecule has 17 heavy (non-hydrogen) atoms. The predicted molar refractivity (Wildman–Crippen MR) is 70.4 cm³/mol. The molecule has 1 unspecified atom stereocenters. The maximum Gasteiger partial charge on any atom is 0.132 e. The van der Waals surface area contributed by atoms with Gasteiger partial charge >= 0.3 is 0 Å². The van der Waals surface area contributed by atoms with Crippen molar-refractivity contribution >= 4 is 5.82 Å². The largest absolute Gasteiger partial charge is 0.355 e. The summed E-state index contributed by atoms with van der Waals surface area (Å²) in [5.74, 6) is 1.60.